The number of carbonyl (C=O) groups excluding carboxylic acids is 1. The van der Waals surface area contributed by atoms with Crippen molar-refractivity contribution in [2.75, 3.05) is 13.1 Å². The Morgan fingerprint density at radius 2 is 1.96 bits per heavy atom. The van der Waals surface area contributed by atoms with Crippen molar-refractivity contribution < 1.29 is 9.90 Å². The van der Waals surface area contributed by atoms with Gasteiger partial charge in [0, 0.05) is 19.0 Å². The van der Waals surface area contributed by atoms with E-state index in [-0.39, 0.29) is 23.6 Å². The summed E-state index contributed by atoms with van der Waals surface area (Å²) in [4.78, 5) is 26.0. The second-order valence-electron chi connectivity index (χ2n) is 5.99. The van der Waals surface area contributed by atoms with Crippen LogP contribution in [-0.2, 0) is 0 Å². The van der Waals surface area contributed by atoms with Crippen molar-refractivity contribution in [2.45, 2.75) is 32.2 Å². The Morgan fingerprint density at radius 3 is 2.58 bits per heavy atom. The molecule has 0 aliphatic carbocycles. The lowest BCUT2D eigenvalue weighted by atomic mass is 9.87. The van der Waals surface area contributed by atoms with Crippen LogP contribution >= 0.6 is 0 Å². The molecule has 0 fully saturated rings. The molecule has 3 rings (SSSR count). The molecule has 0 bridgehead atoms. The topological polar surface area (TPSA) is 75.4 Å². The van der Waals surface area contributed by atoms with Crippen molar-refractivity contribution in [1.29, 1.82) is 0 Å². The number of likely N-dealkylation sites (N-methyl/N-ethyl adjacent to an activating group) is 1. The smallest absolute Gasteiger partial charge is 0.276 e. The zero-order chi connectivity index (χ0) is 17.3. The van der Waals surface area contributed by atoms with Gasteiger partial charge in [-0.2, -0.15) is 5.10 Å². The minimum Gasteiger partial charge on any atom is -0.502 e. The largest absolute Gasteiger partial charge is 0.502 e. The average Bonchev–Trinajstić information content (AvgIpc) is 2.61. The summed E-state index contributed by atoms with van der Waals surface area (Å²) >= 11 is 0. The maximum atomic E-state index is 12.6. The van der Waals surface area contributed by atoms with Gasteiger partial charge in [0.25, 0.3) is 5.91 Å². The van der Waals surface area contributed by atoms with Crippen LogP contribution in [0.1, 0.15) is 48.3 Å². The maximum Gasteiger partial charge on any atom is 0.276 e. The van der Waals surface area contributed by atoms with E-state index in [2.05, 4.69) is 24.2 Å². The number of aromatic nitrogens is 2. The summed E-state index contributed by atoms with van der Waals surface area (Å²) in [6, 6.07) is 9.93. The number of amides is 1. The Kier molecular flexibility index (Phi) is 4.38. The number of benzene rings is 1. The van der Waals surface area contributed by atoms with Crippen molar-refractivity contribution in [3.63, 3.8) is 0 Å². The molecule has 0 saturated heterocycles. The molecule has 1 aliphatic rings. The number of nitrogens with zero attached hydrogens (tertiary/aromatic N) is 3. The molecule has 1 N–H and O–H groups in total. The Bertz CT molecular complexity index is 801. The first-order chi connectivity index (χ1) is 11.6. The lowest BCUT2D eigenvalue weighted by molar-refractivity contribution is 0.0636. The van der Waals surface area contributed by atoms with Crippen LogP contribution in [0, 0.1) is 0 Å². The lowest BCUT2D eigenvalue weighted by Gasteiger charge is -2.38. The van der Waals surface area contributed by atoms with E-state index < -0.39 is 11.2 Å². The van der Waals surface area contributed by atoms with Gasteiger partial charge in [0.05, 0.1) is 12.2 Å². The molecule has 1 aromatic heterocycles. The molecule has 0 spiro atoms. The predicted molar refractivity (Wildman–Crippen MR) is 90.3 cm³/mol. The number of hydrogen-bond acceptors (Lipinski definition) is 4. The first kappa shape index (κ1) is 16.2. The highest BCUT2D eigenvalue weighted by Crippen LogP contribution is 2.36. The summed E-state index contributed by atoms with van der Waals surface area (Å²) in [7, 11) is 0. The fourth-order valence-corrected chi connectivity index (χ4v) is 3.45. The van der Waals surface area contributed by atoms with Crippen LogP contribution in [-0.4, -0.2) is 38.8 Å². The molecule has 126 valence electrons. The fraction of sp³-hybridized carbons (Fsp3) is 0.389. The van der Waals surface area contributed by atoms with Gasteiger partial charge in [-0.15, -0.1) is 0 Å². The van der Waals surface area contributed by atoms with Crippen molar-refractivity contribution in [3.05, 3.63) is 58.0 Å². The molecular weight excluding hydrogens is 306 g/mol. The third-order valence-electron chi connectivity index (χ3n) is 4.71. The SMILES string of the molecule is CCC(c1ccccc1)[C@H]1CN(CC)C(=O)c2c(O)c(=O)cnn21. The second-order valence-corrected chi connectivity index (χ2v) is 5.99. The summed E-state index contributed by atoms with van der Waals surface area (Å²) in [5, 5.41) is 14.3. The summed E-state index contributed by atoms with van der Waals surface area (Å²) in [5.41, 5.74) is 0.524. The Morgan fingerprint density at radius 1 is 1.25 bits per heavy atom. The minimum absolute atomic E-state index is 0.00465. The van der Waals surface area contributed by atoms with E-state index in [9.17, 15) is 14.7 Å². The van der Waals surface area contributed by atoms with Gasteiger partial charge in [-0.25, -0.2) is 0 Å². The fourth-order valence-electron chi connectivity index (χ4n) is 3.45. The van der Waals surface area contributed by atoms with Crippen molar-refractivity contribution >= 4 is 5.91 Å². The Labute approximate surface area is 140 Å². The predicted octanol–water partition coefficient (Wildman–Crippen LogP) is 2.16. The molecule has 6 heteroatoms. The van der Waals surface area contributed by atoms with Gasteiger partial charge < -0.3 is 10.0 Å². The Balaban J connectivity index is 2.15. The van der Waals surface area contributed by atoms with Crippen molar-refractivity contribution in [2.24, 2.45) is 0 Å². The standard InChI is InChI=1S/C18H21N3O3/c1-3-13(12-8-6-5-7-9-12)14-11-20(4-2)18(24)16-17(23)15(22)10-19-21(14)16/h5-10,13-14,23H,3-4,11H2,1-2H3/t13?,14-/m1/s1. The van der Waals surface area contributed by atoms with E-state index in [1.807, 2.05) is 25.1 Å². The van der Waals surface area contributed by atoms with Gasteiger partial charge in [-0.05, 0) is 18.9 Å². The molecular formula is C18H21N3O3. The number of hydrogen-bond donors (Lipinski definition) is 1. The van der Waals surface area contributed by atoms with E-state index in [1.165, 1.54) is 4.68 Å². The highest BCUT2D eigenvalue weighted by molar-refractivity contribution is 5.95. The molecule has 1 unspecified atom stereocenters. The van der Waals surface area contributed by atoms with Crippen LogP contribution in [0.15, 0.2) is 41.3 Å². The quantitative estimate of drug-likeness (QED) is 0.934. The first-order valence-corrected chi connectivity index (χ1v) is 8.23. The molecule has 6 nitrogen and oxygen atoms in total. The monoisotopic (exact) mass is 327 g/mol. The van der Waals surface area contributed by atoms with Crippen molar-refractivity contribution in [3.8, 4) is 5.75 Å². The summed E-state index contributed by atoms with van der Waals surface area (Å²) in [6.07, 6.45) is 1.94. The minimum atomic E-state index is -0.626. The first-order valence-electron chi connectivity index (χ1n) is 8.23. The summed E-state index contributed by atoms with van der Waals surface area (Å²) in [6.45, 7) is 5.00. The maximum absolute atomic E-state index is 12.6. The molecule has 1 aliphatic heterocycles. The van der Waals surface area contributed by atoms with Gasteiger partial charge >= 0.3 is 0 Å². The molecule has 1 amide bonds. The third kappa shape index (κ3) is 2.58. The van der Waals surface area contributed by atoms with Crippen LogP contribution in [0.4, 0.5) is 0 Å². The zero-order valence-corrected chi connectivity index (χ0v) is 13.8. The number of carbonyl (C=O) groups is 1. The van der Waals surface area contributed by atoms with Gasteiger partial charge in [0.15, 0.2) is 11.4 Å². The summed E-state index contributed by atoms with van der Waals surface area (Å²) < 4.78 is 1.53. The number of fused-ring (bicyclic) bond motifs is 1. The molecule has 2 heterocycles. The van der Waals surface area contributed by atoms with Crippen molar-refractivity contribution in [1.82, 2.24) is 14.7 Å². The van der Waals surface area contributed by atoms with Gasteiger partial charge in [-0.3, -0.25) is 14.3 Å². The van der Waals surface area contributed by atoms with E-state index >= 15 is 0 Å². The molecule has 1 aromatic carbocycles. The second kappa shape index (κ2) is 6.47. The van der Waals surface area contributed by atoms with E-state index in [0.29, 0.717) is 13.1 Å². The highest BCUT2D eigenvalue weighted by Gasteiger charge is 2.37. The van der Waals surface area contributed by atoms with Crippen LogP contribution in [0.3, 0.4) is 0 Å². The van der Waals surface area contributed by atoms with Gasteiger partial charge in [0.1, 0.15) is 0 Å². The van der Waals surface area contributed by atoms with Gasteiger partial charge in [0.2, 0.25) is 5.43 Å². The van der Waals surface area contributed by atoms with Crippen LogP contribution < -0.4 is 5.43 Å². The van der Waals surface area contributed by atoms with Gasteiger partial charge in [-0.1, -0.05) is 37.3 Å². The third-order valence-corrected chi connectivity index (χ3v) is 4.71. The number of rotatable bonds is 4. The molecule has 24 heavy (non-hydrogen) atoms. The van der Waals surface area contributed by atoms with Crippen LogP contribution in [0.25, 0.3) is 0 Å². The van der Waals surface area contributed by atoms with E-state index in [0.717, 1.165) is 18.2 Å². The zero-order valence-electron chi connectivity index (χ0n) is 13.8. The molecule has 0 radical (unpaired) electrons. The number of aromatic hydroxyl groups is 1. The molecule has 2 aromatic rings. The van der Waals surface area contributed by atoms with E-state index in [1.54, 1.807) is 4.90 Å². The van der Waals surface area contributed by atoms with E-state index in [4.69, 9.17) is 0 Å². The normalized spacial score (nSPS) is 18.3. The molecule has 2 atom stereocenters. The van der Waals surface area contributed by atoms with Crippen LogP contribution in [0.5, 0.6) is 5.75 Å². The Hall–Kier alpha value is -2.63. The molecule has 0 saturated carbocycles. The van der Waals surface area contributed by atoms with Crippen LogP contribution in [0.2, 0.25) is 0 Å². The average molecular weight is 327 g/mol. The summed E-state index contributed by atoms with van der Waals surface area (Å²) in [5.74, 6) is -0.734. The lowest BCUT2D eigenvalue weighted by Crippen LogP contribution is -2.46. The highest BCUT2D eigenvalue weighted by atomic mass is 16.3.